The molecule has 0 bridgehead atoms. The minimum atomic E-state index is -0.106. The zero-order chi connectivity index (χ0) is 20.2. The van der Waals surface area contributed by atoms with Crippen molar-refractivity contribution in [1.82, 2.24) is 15.1 Å². The number of carbonyl (C=O) groups excluding carboxylic acids is 2. The fourth-order valence-electron chi connectivity index (χ4n) is 4.92. The Hall–Kier alpha value is -1.92. The van der Waals surface area contributed by atoms with Gasteiger partial charge in [-0.25, -0.2) is 0 Å². The average molecular weight is 388 g/mol. The molecule has 6 heteroatoms. The maximum absolute atomic E-state index is 12.6. The van der Waals surface area contributed by atoms with Gasteiger partial charge in [0.1, 0.15) is 0 Å². The Morgan fingerprint density at radius 3 is 2.46 bits per heavy atom. The zero-order valence-electron chi connectivity index (χ0n) is 17.4. The van der Waals surface area contributed by atoms with Crippen molar-refractivity contribution < 1.29 is 14.3 Å². The van der Waals surface area contributed by atoms with E-state index in [1.807, 2.05) is 0 Å². The van der Waals surface area contributed by atoms with Crippen LogP contribution in [-0.2, 0) is 19.9 Å². The van der Waals surface area contributed by atoms with Gasteiger partial charge in [0.2, 0.25) is 11.8 Å². The molecule has 1 heterocycles. The molecule has 0 unspecified atom stereocenters. The van der Waals surface area contributed by atoms with Crippen LogP contribution in [-0.4, -0.2) is 69.1 Å². The monoisotopic (exact) mass is 387 g/mol. The second-order valence-corrected chi connectivity index (χ2v) is 8.56. The van der Waals surface area contributed by atoms with Crippen molar-refractivity contribution in [1.29, 1.82) is 0 Å². The predicted molar refractivity (Wildman–Crippen MR) is 109 cm³/mol. The van der Waals surface area contributed by atoms with Crippen molar-refractivity contribution >= 4 is 11.8 Å². The van der Waals surface area contributed by atoms with Crippen molar-refractivity contribution in [2.75, 3.05) is 47.4 Å². The summed E-state index contributed by atoms with van der Waals surface area (Å²) in [4.78, 5) is 28.8. The predicted octanol–water partition coefficient (Wildman–Crippen LogP) is 2.00. The molecule has 1 N–H and O–H groups in total. The quantitative estimate of drug-likeness (QED) is 0.727. The van der Waals surface area contributed by atoms with Gasteiger partial charge in [-0.3, -0.25) is 14.5 Å². The highest BCUT2D eigenvalue weighted by molar-refractivity contribution is 5.86. The molecule has 1 aliphatic carbocycles. The van der Waals surface area contributed by atoms with Crippen LogP contribution in [0.1, 0.15) is 37.7 Å². The Bertz CT molecular complexity index is 682. The number of rotatable bonds is 7. The molecular formula is C22H33N3O3. The normalized spacial score (nSPS) is 27.6. The van der Waals surface area contributed by atoms with Crippen LogP contribution in [0.4, 0.5) is 0 Å². The van der Waals surface area contributed by atoms with E-state index >= 15 is 0 Å². The minimum absolute atomic E-state index is 0.0121. The number of likely N-dealkylation sites (tertiary alicyclic amines) is 1. The van der Waals surface area contributed by atoms with Crippen LogP contribution in [0.5, 0.6) is 0 Å². The van der Waals surface area contributed by atoms with Crippen LogP contribution in [0.3, 0.4) is 0 Å². The van der Waals surface area contributed by atoms with Gasteiger partial charge >= 0.3 is 0 Å². The van der Waals surface area contributed by atoms with Crippen molar-refractivity contribution in [2.24, 2.45) is 5.41 Å². The largest absolute Gasteiger partial charge is 0.383 e. The third-order valence-electron chi connectivity index (χ3n) is 6.67. The van der Waals surface area contributed by atoms with Crippen LogP contribution in [0.25, 0.3) is 0 Å². The van der Waals surface area contributed by atoms with Gasteiger partial charge in [-0.2, -0.15) is 0 Å². The Morgan fingerprint density at radius 2 is 1.86 bits per heavy atom. The number of amides is 2. The third kappa shape index (κ3) is 4.23. The highest BCUT2D eigenvalue weighted by Crippen LogP contribution is 2.51. The van der Waals surface area contributed by atoms with Gasteiger partial charge < -0.3 is 15.0 Å². The second kappa shape index (κ2) is 8.62. The first-order chi connectivity index (χ1) is 13.4. The molecule has 1 aliphatic heterocycles. The van der Waals surface area contributed by atoms with Gasteiger partial charge in [0.25, 0.3) is 0 Å². The number of hydrogen-bond acceptors (Lipinski definition) is 4. The lowest BCUT2D eigenvalue weighted by molar-refractivity contribution is -0.133. The number of carbonyl (C=O) groups is 2. The van der Waals surface area contributed by atoms with E-state index in [0.29, 0.717) is 26.1 Å². The maximum Gasteiger partial charge on any atom is 0.239 e. The summed E-state index contributed by atoms with van der Waals surface area (Å²) in [7, 11) is 5.91. The van der Waals surface area contributed by atoms with E-state index in [2.05, 4.69) is 54.6 Å². The topological polar surface area (TPSA) is 61.9 Å². The van der Waals surface area contributed by atoms with E-state index in [9.17, 15) is 9.59 Å². The smallest absolute Gasteiger partial charge is 0.239 e. The number of ether oxygens (including phenoxy) is 1. The van der Waals surface area contributed by atoms with Crippen molar-refractivity contribution in [3.8, 4) is 0 Å². The summed E-state index contributed by atoms with van der Waals surface area (Å²) < 4.78 is 4.95. The Labute approximate surface area is 168 Å². The molecule has 2 amide bonds. The number of methoxy groups -OCH3 is 1. The van der Waals surface area contributed by atoms with Gasteiger partial charge in [0.15, 0.2) is 0 Å². The van der Waals surface area contributed by atoms with Crippen LogP contribution in [0.2, 0.25) is 0 Å². The molecular weight excluding hydrogens is 354 g/mol. The van der Waals surface area contributed by atoms with Crippen LogP contribution >= 0.6 is 0 Å². The maximum atomic E-state index is 12.6. The molecule has 28 heavy (non-hydrogen) atoms. The third-order valence-corrected chi connectivity index (χ3v) is 6.67. The average Bonchev–Trinajstić information content (AvgIpc) is 2.98. The summed E-state index contributed by atoms with van der Waals surface area (Å²) in [6.07, 6.45) is 4.65. The van der Waals surface area contributed by atoms with E-state index < -0.39 is 0 Å². The molecule has 6 nitrogen and oxygen atoms in total. The molecule has 1 saturated carbocycles. The molecule has 3 rings (SSSR count). The Balaban J connectivity index is 1.63. The van der Waals surface area contributed by atoms with Gasteiger partial charge in [-0.1, -0.05) is 30.3 Å². The van der Waals surface area contributed by atoms with Crippen LogP contribution in [0.15, 0.2) is 30.3 Å². The minimum Gasteiger partial charge on any atom is -0.383 e. The lowest BCUT2D eigenvalue weighted by Crippen LogP contribution is -2.47. The molecule has 1 spiro atoms. The SMILES string of the molecule is COCCNC(=O)CN1C[C@]2(CC[C@](c3ccccc3)(N(C)C)CC2)CC1=O. The molecule has 0 aromatic heterocycles. The summed E-state index contributed by atoms with van der Waals surface area (Å²) in [6, 6.07) is 10.7. The van der Waals surface area contributed by atoms with Crippen LogP contribution < -0.4 is 5.32 Å². The number of hydrogen-bond donors (Lipinski definition) is 1. The number of benzene rings is 1. The van der Waals surface area contributed by atoms with Gasteiger partial charge in [-0.15, -0.1) is 0 Å². The fourth-order valence-corrected chi connectivity index (χ4v) is 4.92. The van der Waals surface area contributed by atoms with Crippen LogP contribution in [0, 0.1) is 5.41 Å². The standard InChI is InChI=1S/C22H33N3O3/c1-24(2)22(18-7-5-4-6-8-18)11-9-21(10-12-22)15-20(27)25(17-21)16-19(26)23-13-14-28-3/h4-8H,9-17H2,1-3H3,(H,23,26)/t21-,22-. The lowest BCUT2D eigenvalue weighted by Gasteiger charge is -2.48. The fraction of sp³-hybridized carbons (Fsp3) is 0.636. The first kappa shape index (κ1) is 20.8. The second-order valence-electron chi connectivity index (χ2n) is 8.56. The highest BCUT2D eigenvalue weighted by Gasteiger charge is 2.50. The lowest BCUT2D eigenvalue weighted by atomic mass is 9.64. The molecule has 1 aromatic rings. The van der Waals surface area contributed by atoms with E-state index in [1.54, 1.807) is 12.0 Å². The van der Waals surface area contributed by atoms with Crippen molar-refractivity contribution in [3.63, 3.8) is 0 Å². The molecule has 2 aliphatic rings. The Morgan fingerprint density at radius 1 is 1.18 bits per heavy atom. The Kier molecular flexibility index (Phi) is 6.40. The molecule has 0 atom stereocenters. The van der Waals surface area contributed by atoms with Gasteiger partial charge in [-0.05, 0) is 50.8 Å². The summed E-state index contributed by atoms with van der Waals surface area (Å²) in [5.41, 5.74) is 1.40. The van der Waals surface area contributed by atoms with Crippen molar-refractivity contribution in [3.05, 3.63) is 35.9 Å². The molecule has 154 valence electrons. The van der Waals surface area contributed by atoms with E-state index in [4.69, 9.17) is 4.74 Å². The summed E-state index contributed by atoms with van der Waals surface area (Å²) in [5.74, 6) is 0.00383. The molecule has 1 saturated heterocycles. The van der Waals surface area contributed by atoms with E-state index in [0.717, 1.165) is 25.7 Å². The van der Waals surface area contributed by atoms with E-state index in [1.165, 1.54) is 5.56 Å². The zero-order valence-corrected chi connectivity index (χ0v) is 17.4. The molecule has 0 radical (unpaired) electrons. The van der Waals surface area contributed by atoms with Gasteiger partial charge in [0, 0.05) is 32.2 Å². The first-order valence-corrected chi connectivity index (χ1v) is 10.2. The summed E-state index contributed by atoms with van der Waals surface area (Å²) >= 11 is 0. The van der Waals surface area contributed by atoms with Gasteiger partial charge in [0.05, 0.1) is 13.2 Å². The van der Waals surface area contributed by atoms with Crippen molar-refractivity contribution in [2.45, 2.75) is 37.6 Å². The first-order valence-electron chi connectivity index (χ1n) is 10.2. The molecule has 2 fully saturated rings. The highest BCUT2D eigenvalue weighted by atomic mass is 16.5. The van der Waals surface area contributed by atoms with E-state index in [-0.39, 0.29) is 29.3 Å². The molecule has 1 aromatic carbocycles. The summed E-state index contributed by atoms with van der Waals surface area (Å²) in [6.45, 7) is 1.81. The number of nitrogens with zero attached hydrogens (tertiary/aromatic N) is 2. The number of nitrogens with one attached hydrogen (secondary N) is 1. The summed E-state index contributed by atoms with van der Waals surface area (Å²) in [5, 5.41) is 2.81.